The summed E-state index contributed by atoms with van der Waals surface area (Å²) in [5.74, 6) is -0.151. The summed E-state index contributed by atoms with van der Waals surface area (Å²) in [5.41, 5.74) is 10.9. The Bertz CT molecular complexity index is 2020. The minimum atomic E-state index is -0.212. The van der Waals surface area contributed by atoms with Gasteiger partial charge in [0, 0.05) is 63.6 Å². The zero-order valence-electron chi connectivity index (χ0n) is 79.5. The van der Waals surface area contributed by atoms with Gasteiger partial charge in [0.1, 0.15) is 0 Å². The average Bonchev–Trinajstić information content (AvgIpc) is 0.978. The molecular weight excluding hydrogens is 1470 g/mol. The predicted octanol–water partition coefficient (Wildman–Crippen LogP) is 21.3. The number of ether oxygens (including phenoxy) is 3. The lowest BCUT2D eigenvalue weighted by molar-refractivity contribution is -0.144. The first-order chi connectivity index (χ1) is 58.1. The van der Waals surface area contributed by atoms with E-state index in [1.54, 1.807) is 6.08 Å². The molecule has 0 saturated carbocycles. The van der Waals surface area contributed by atoms with Gasteiger partial charge in [0.05, 0.1) is 33.2 Å². The lowest BCUT2D eigenvalue weighted by Crippen LogP contribution is -2.42. The van der Waals surface area contributed by atoms with Gasteiger partial charge in [-0.2, -0.15) is 0 Å². The molecule has 0 aliphatic carbocycles. The number of amides is 1. The van der Waals surface area contributed by atoms with Crippen LogP contribution in [0.1, 0.15) is 446 Å². The van der Waals surface area contributed by atoms with Crippen molar-refractivity contribution in [3.8, 4) is 0 Å². The molecule has 0 aromatic carbocycles. The van der Waals surface area contributed by atoms with Crippen molar-refractivity contribution >= 4 is 23.8 Å². The van der Waals surface area contributed by atoms with Crippen LogP contribution in [0.25, 0.3) is 0 Å². The molecule has 3 fully saturated rings. The van der Waals surface area contributed by atoms with E-state index in [1.807, 2.05) is 19.9 Å². The molecular formula is C99H204N12O7. The normalized spacial score (nSPS) is 15.6. The fourth-order valence-electron chi connectivity index (χ4n) is 15.7. The summed E-state index contributed by atoms with van der Waals surface area (Å²) < 4.78 is 14.9. The van der Waals surface area contributed by atoms with Crippen molar-refractivity contribution in [1.82, 2.24) is 52.3 Å². The fraction of sp³-hybridized carbons (Fsp3) is 0.939. The number of carbonyl (C=O) groups is 4. The summed E-state index contributed by atoms with van der Waals surface area (Å²) in [6, 6.07) is 0.887. The smallest absolute Gasteiger partial charge is 0.330 e. The molecule has 3 saturated heterocycles. The van der Waals surface area contributed by atoms with Crippen molar-refractivity contribution in [2.75, 3.05) is 138 Å². The van der Waals surface area contributed by atoms with Crippen LogP contribution < -0.4 is 54.0 Å². The molecule has 702 valence electrons. The van der Waals surface area contributed by atoms with Crippen LogP contribution in [0, 0.1) is 0 Å². The molecule has 3 aliphatic heterocycles. The Labute approximate surface area is 731 Å². The molecule has 12 N–H and O–H groups in total. The lowest BCUT2D eigenvalue weighted by atomic mass is 10.0. The van der Waals surface area contributed by atoms with Crippen molar-refractivity contribution in [2.45, 2.75) is 464 Å². The van der Waals surface area contributed by atoms with E-state index < -0.39 is 0 Å². The highest BCUT2D eigenvalue weighted by molar-refractivity contribution is 5.81. The van der Waals surface area contributed by atoms with E-state index in [0.717, 1.165) is 143 Å². The van der Waals surface area contributed by atoms with Crippen molar-refractivity contribution in [3.63, 3.8) is 0 Å². The van der Waals surface area contributed by atoms with Crippen LogP contribution >= 0.6 is 0 Å². The van der Waals surface area contributed by atoms with Gasteiger partial charge < -0.3 is 68.2 Å². The Balaban J connectivity index is 0. The van der Waals surface area contributed by atoms with Crippen LogP contribution in [0.4, 0.5) is 0 Å². The van der Waals surface area contributed by atoms with Crippen LogP contribution in [0.15, 0.2) is 12.2 Å². The fourth-order valence-corrected chi connectivity index (χ4v) is 15.7. The molecule has 1 amide bonds. The Hall–Kier alpha value is -2.82. The first-order valence-electron chi connectivity index (χ1n) is 51.3. The molecule has 3 aliphatic rings. The molecule has 0 aromatic rings. The molecule has 0 aromatic heterocycles. The number of hydrogen-bond donors (Lipinski definition) is 10. The Morgan fingerprint density at radius 1 is 0.415 bits per heavy atom. The molecule has 19 heteroatoms. The van der Waals surface area contributed by atoms with E-state index >= 15 is 0 Å². The highest BCUT2D eigenvalue weighted by Crippen LogP contribution is 2.19. The second kappa shape index (κ2) is 101. The van der Waals surface area contributed by atoms with E-state index in [9.17, 15) is 19.2 Å². The van der Waals surface area contributed by atoms with Gasteiger partial charge in [-0.3, -0.25) is 24.2 Å². The largest absolute Gasteiger partial charge is 0.469 e. The number of esters is 3. The molecule has 0 spiro atoms. The molecule has 0 bridgehead atoms. The number of nitrogens with one attached hydrogen (secondary N) is 8. The summed E-state index contributed by atoms with van der Waals surface area (Å²) in [7, 11) is 1.48. The molecule has 0 radical (unpaired) electrons. The third-order valence-corrected chi connectivity index (χ3v) is 23.2. The van der Waals surface area contributed by atoms with Gasteiger partial charge in [-0.1, -0.05) is 310 Å². The predicted molar refractivity (Wildman–Crippen MR) is 509 cm³/mol. The molecule has 19 nitrogen and oxygen atoms in total. The summed E-state index contributed by atoms with van der Waals surface area (Å²) in [4.78, 5) is 51.8. The maximum atomic E-state index is 12.1. The number of hydrogen-bond acceptors (Lipinski definition) is 18. The van der Waals surface area contributed by atoms with Crippen molar-refractivity contribution < 1.29 is 33.4 Å². The van der Waals surface area contributed by atoms with Crippen molar-refractivity contribution in [1.29, 1.82) is 0 Å². The van der Waals surface area contributed by atoms with E-state index in [0.29, 0.717) is 38.5 Å². The number of nitrogens with zero attached hydrogens (tertiary/aromatic N) is 2. The number of allylic oxidation sites excluding steroid dienone is 1. The number of nitrogens with two attached hydrogens (primary N) is 2. The number of carbonyl (C=O) groups excluding carboxylic acids is 4. The highest BCUT2D eigenvalue weighted by atomic mass is 16.5. The average molecular weight is 1670 g/mol. The first kappa shape index (κ1) is 117. The highest BCUT2D eigenvalue weighted by Gasteiger charge is 2.18. The molecule has 118 heavy (non-hydrogen) atoms. The lowest BCUT2D eigenvalue weighted by Gasteiger charge is -2.27. The second-order valence-corrected chi connectivity index (χ2v) is 34.6. The van der Waals surface area contributed by atoms with E-state index in [-0.39, 0.29) is 35.9 Å². The van der Waals surface area contributed by atoms with Gasteiger partial charge in [0.25, 0.3) is 0 Å². The third-order valence-electron chi connectivity index (χ3n) is 23.2. The van der Waals surface area contributed by atoms with Gasteiger partial charge in [-0.05, 0) is 208 Å². The van der Waals surface area contributed by atoms with Crippen LogP contribution in [0.5, 0.6) is 0 Å². The van der Waals surface area contributed by atoms with Gasteiger partial charge in [0.2, 0.25) is 5.91 Å². The monoisotopic (exact) mass is 1670 g/mol. The quantitative estimate of drug-likeness (QED) is 0.0118. The van der Waals surface area contributed by atoms with Gasteiger partial charge in [-0.25, -0.2) is 4.79 Å². The molecule has 3 atom stereocenters. The maximum Gasteiger partial charge on any atom is 0.330 e. The van der Waals surface area contributed by atoms with E-state index in [1.165, 1.54) is 367 Å². The Morgan fingerprint density at radius 3 is 1.25 bits per heavy atom. The summed E-state index contributed by atoms with van der Waals surface area (Å²) in [6.45, 7) is 32.7. The third kappa shape index (κ3) is 93.9. The van der Waals surface area contributed by atoms with Gasteiger partial charge in [-0.15, -0.1) is 0 Å². The summed E-state index contributed by atoms with van der Waals surface area (Å²) >= 11 is 0. The van der Waals surface area contributed by atoms with Crippen molar-refractivity contribution in [2.24, 2.45) is 11.5 Å². The second-order valence-electron chi connectivity index (χ2n) is 34.6. The first-order valence-corrected chi connectivity index (χ1v) is 51.3. The topological polar surface area (TPSA) is 251 Å². The Morgan fingerprint density at radius 2 is 0.805 bits per heavy atom. The number of rotatable bonds is 74. The number of unbranched alkanes of at least 4 members (excludes halogenated alkanes) is 44. The standard InChI is InChI=1S/C26H53N3O2.C24H51N3O2.C23H47N3O.C18H34O2.C8H19N3/c1-3-5-6-7-8-9-10-11-12-13-14-18-25(23-26(30)31-4-2)28-20-15-16-21-29-22-17-19-27-24-29;1-3-4-5-6-7-8-9-10-11-12-13-17-23(22-24(28)29-2)27-21-15-14-19-26-20-16-18-25;1-2-3-4-5-6-7-8-9-10-11-12-16-22-21-23(27)26-20-15-18-24-17-13-14-19-25-22;1-3-5-6-7-8-9-10-11-12-13-14-15-16-17-18(19)20-4-2;9-4-1-2-6-11-7-3-5-10-8-11/h25,27-28H,3-24H2,1-2H3;23,26-27H,3-22,25H2,1-2H3;22,24-25H,2-21H2,1H3,(H,26,27);16-17H,3-15H2,1-2H3;10H,1-9H2/b;;;17-16+;. The zero-order chi connectivity index (χ0) is 86.1. The molecule has 3 heterocycles. The Kier molecular flexibility index (Phi) is 101. The minimum absolute atomic E-state index is 0.0533. The molecule has 3 rings (SSSR count). The van der Waals surface area contributed by atoms with Gasteiger partial charge >= 0.3 is 17.9 Å². The van der Waals surface area contributed by atoms with E-state index in [4.69, 9.17) is 25.7 Å². The van der Waals surface area contributed by atoms with Crippen LogP contribution in [-0.2, 0) is 33.4 Å². The summed E-state index contributed by atoms with van der Waals surface area (Å²) in [6.07, 6.45) is 83.7. The minimum Gasteiger partial charge on any atom is -0.469 e. The number of methoxy groups -OCH3 is 1. The van der Waals surface area contributed by atoms with Gasteiger partial charge in [0.15, 0.2) is 0 Å². The van der Waals surface area contributed by atoms with Crippen LogP contribution in [0.2, 0.25) is 0 Å². The van der Waals surface area contributed by atoms with Crippen LogP contribution in [-0.4, -0.2) is 190 Å². The molecule has 3 unspecified atom stereocenters. The maximum absolute atomic E-state index is 12.1. The van der Waals surface area contributed by atoms with E-state index in [2.05, 4.69) is 80.0 Å². The zero-order valence-corrected chi connectivity index (χ0v) is 79.5. The SMILES string of the molecule is CCCCCCCCCCCCC/C=C/C(=O)OCC.CCCCCCCCCCCCCC(CC(=O)OC)NCCCCNCCCN.CCCCCCCCCCCCCC(CC(=O)OCC)NCCCCN1CCCNC1.CCCCCCCCCCCCCC1CC(=O)NCCCNCCCCN1.NCCCCN1CCCNC1. The van der Waals surface area contributed by atoms with Crippen molar-refractivity contribution in [3.05, 3.63) is 12.2 Å². The van der Waals surface area contributed by atoms with Crippen LogP contribution in [0.3, 0.4) is 0 Å². The summed E-state index contributed by atoms with van der Waals surface area (Å²) in [5, 5.41) is 27.6.